The number of rotatable bonds is 3. The summed E-state index contributed by atoms with van der Waals surface area (Å²) in [5.74, 6) is 0. The van der Waals surface area contributed by atoms with Crippen molar-refractivity contribution in [3.05, 3.63) is 23.2 Å². The fourth-order valence-corrected chi connectivity index (χ4v) is 3.43. The van der Waals surface area contributed by atoms with Crippen LogP contribution >= 0.6 is 11.6 Å². The third kappa shape index (κ3) is 5.11. The summed E-state index contributed by atoms with van der Waals surface area (Å²) in [7, 11) is 0. The molecule has 3 heterocycles. The number of hydrogen-bond acceptors (Lipinski definition) is 5. The Bertz CT molecular complexity index is 886. The van der Waals surface area contributed by atoms with Crippen molar-refractivity contribution < 1.29 is 22.7 Å². The van der Waals surface area contributed by atoms with Crippen LogP contribution in [0.15, 0.2) is 12.5 Å². The largest absolute Gasteiger partial charge is 0.444 e. The predicted octanol–water partition coefficient (Wildman–Crippen LogP) is 3.66. The van der Waals surface area contributed by atoms with Crippen molar-refractivity contribution in [2.45, 2.75) is 39.1 Å². The first-order chi connectivity index (χ1) is 13.5. The number of amides is 1. The standard InChI is InChI=1S/C18H23ClF3N5O2/c1-17(2,3)29-16(28)26-7-4-25(5-8-26)6-9-27-10-12(18(20,21)22)13-14(19)23-11-24-15(13)27/h10-11H,4-9H2,1-3H3. The zero-order valence-corrected chi connectivity index (χ0v) is 17.2. The fraction of sp³-hybridized carbons (Fsp3) is 0.611. The number of aromatic nitrogens is 3. The molecule has 29 heavy (non-hydrogen) atoms. The Morgan fingerprint density at radius 1 is 1.14 bits per heavy atom. The van der Waals surface area contributed by atoms with Crippen LogP contribution < -0.4 is 0 Å². The summed E-state index contributed by atoms with van der Waals surface area (Å²) in [5.41, 5.74) is -1.24. The highest BCUT2D eigenvalue weighted by molar-refractivity contribution is 6.34. The van der Waals surface area contributed by atoms with Crippen LogP contribution in [0.3, 0.4) is 0 Å². The SMILES string of the molecule is CC(C)(C)OC(=O)N1CCN(CCn2cc(C(F)(F)F)c3c(Cl)ncnc32)CC1. The van der Waals surface area contributed by atoms with Crippen LogP contribution in [0.5, 0.6) is 0 Å². The van der Waals surface area contributed by atoms with E-state index in [0.717, 1.165) is 12.5 Å². The number of carbonyl (C=O) groups excluding carboxylic acids is 1. The number of carbonyl (C=O) groups is 1. The number of fused-ring (bicyclic) bond motifs is 1. The highest BCUT2D eigenvalue weighted by atomic mass is 35.5. The molecule has 0 N–H and O–H groups in total. The molecule has 0 atom stereocenters. The van der Waals surface area contributed by atoms with E-state index >= 15 is 0 Å². The molecule has 0 spiro atoms. The van der Waals surface area contributed by atoms with E-state index in [2.05, 4.69) is 14.9 Å². The Morgan fingerprint density at radius 2 is 1.79 bits per heavy atom. The van der Waals surface area contributed by atoms with Gasteiger partial charge in [0.25, 0.3) is 0 Å². The summed E-state index contributed by atoms with van der Waals surface area (Å²) in [6.07, 6.45) is -2.71. The Balaban J connectivity index is 1.64. The molecule has 0 saturated carbocycles. The van der Waals surface area contributed by atoms with E-state index in [9.17, 15) is 18.0 Å². The van der Waals surface area contributed by atoms with E-state index < -0.39 is 17.3 Å². The quantitative estimate of drug-likeness (QED) is 0.691. The van der Waals surface area contributed by atoms with Crippen molar-refractivity contribution in [3.63, 3.8) is 0 Å². The van der Waals surface area contributed by atoms with E-state index in [1.165, 1.54) is 4.57 Å². The molecule has 2 aromatic rings. The van der Waals surface area contributed by atoms with Gasteiger partial charge in [-0.2, -0.15) is 13.2 Å². The van der Waals surface area contributed by atoms with Gasteiger partial charge in [-0.3, -0.25) is 4.90 Å². The maximum Gasteiger partial charge on any atom is 0.418 e. The van der Waals surface area contributed by atoms with Crippen LogP contribution in [0.4, 0.5) is 18.0 Å². The third-order valence-electron chi connectivity index (χ3n) is 4.59. The minimum atomic E-state index is -4.54. The number of hydrogen-bond donors (Lipinski definition) is 0. The Morgan fingerprint density at radius 3 is 2.38 bits per heavy atom. The predicted molar refractivity (Wildman–Crippen MR) is 102 cm³/mol. The van der Waals surface area contributed by atoms with Crippen molar-refractivity contribution in [2.24, 2.45) is 0 Å². The van der Waals surface area contributed by atoms with Gasteiger partial charge < -0.3 is 14.2 Å². The second-order valence-corrected chi connectivity index (χ2v) is 8.26. The van der Waals surface area contributed by atoms with Gasteiger partial charge in [0.05, 0.1) is 10.9 Å². The van der Waals surface area contributed by atoms with Crippen molar-refractivity contribution in [1.82, 2.24) is 24.3 Å². The number of halogens is 4. The van der Waals surface area contributed by atoms with E-state index in [-0.39, 0.29) is 22.3 Å². The summed E-state index contributed by atoms with van der Waals surface area (Å²) >= 11 is 5.90. The summed E-state index contributed by atoms with van der Waals surface area (Å²) < 4.78 is 46.9. The van der Waals surface area contributed by atoms with Crippen molar-refractivity contribution in [3.8, 4) is 0 Å². The molecule has 0 bridgehead atoms. The number of nitrogens with zero attached hydrogens (tertiary/aromatic N) is 5. The van der Waals surface area contributed by atoms with Crippen molar-refractivity contribution >= 4 is 28.7 Å². The monoisotopic (exact) mass is 433 g/mol. The lowest BCUT2D eigenvalue weighted by atomic mass is 10.2. The molecule has 0 aliphatic carbocycles. The smallest absolute Gasteiger partial charge is 0.418 e. The zero-order chi connectivity index (χ0) is 21.4. The molecule has 0 radical (unpaired) electrons. The van der Waals surface area contributed by atoms with Gasteiger partial charge in [0.15, 0.2) is 0 Å². The van der Waals surface area contributed by atoms with E-state index in [4.69, 9.17) is 16.3 Å². The number of alkyl halides is 3. The molecule has 0 aromatic carbocycles. The molecule has 1 fully saturated rings. The van der Waals surface area contributed by atoms with Crippen LogP contribution in [0.25, 0.3) is 11.0 Å². The minimum Gasteiger partial charge on any atom is -0.444 e. The molecular formula is C18H23ClF3N5O2. The Kier molecular flexibility index (Phi) is 5.96. The van der Waals surface area contributed by atoms with Gasteiger partial charge in [-0.25, -0.2) is 14.8 Å². The molecule has 1 aliphatic heterocycles. The van der Waals surface area contributed by atoms with Crippen LogP contribution in [0.1, 0.15) is 26.3 Å². The van der Waals surface area contributed by atoms with E-state index in [1.807, 2.05) is 20.8 Å². The molecule has 3 rings (SSSR count). The maximum absolute atomic E-state index is 13.4. The first kappa shape index (κ1) is 21.6. The van der Waals surface area contributed by atoms with Gasteiger partial charge in [-0.1, -0.05) is 11.6 Å². The third-order valence-corrected chi connectivity index (χ3v) is 4.88. The lowest BCUT2D eigenvalue weighted by Crippen LogP contribution is -2.50. The van der Waals surface area contributed by atoms with Crippen LogP contribution in [-0.2, 0) is 17.5 Å². The van der Waals surface area contributed by atoms with Gasteiger partial charge in [0.1, 0.15) is 22.7 Å². The van der Waals surface area contributed by atoms with Gasteiger partial charge in [-0.15, -0.1) is 0 Å². The Labute approximate surface area is 171 Å². The first-order valence-corrected chi connectivity index (χ1v) is 9.60. The van der Waals surface area contributed by atoms with Gasteiger partial charge in [0.2, 0.25) is 0 Å². The zero-order valence-electron chi connectivity index (χ0n) is 16.5. The number of piperazine rings is 1. The van der Waals surface area contributed by atoms with E-state index in [1.54, 1.807) is 4.90 Å². The summed E-state index contributed by atoms with van der Waals surface area (Å²) in [6.45, 7) is 8.50. The highest BCUT2D eigenvalue weighted by Crippen LogP contribution is 2.37. The van der Waals surface area contributed by atoms with E-state index in [0.29, 0.717) is 39.3 Å². The second kappa shape index (κ2) is 7.98. The summed E-state index contributed by atoms with van der Waals surface area (Å²) in [6, 6.07) is 0. The molecule has 0 unspecified atom stereocenters. The first-order valence-electron chi connectivity index (χ1n) is 9.22. The average Bonchev–Trinajstić information content (AvgIpc) is 2.99. The second-order valence-electron chi connectivity index (χ2n) is 7.91. The average molecular weight is 434 g/mol. The topological polar surface area (TPSA) is 63.5 Å². The molecule has 1 saturated heterocycles. The van der Waals surface area contributed by atoms with Crippen LogP contribution in [0.2, 0.25) is 5.15 Å². The van der Waals surface area contributed by atoms with Gasteiger partial charge in [0, 0.05) is 45.5 Å². The van der Waals surface area contributed by atoms with Crippen LogP contribution in [-0.4, -0.2) is 68.8 Å². The molecular weight excluding hydrogens is 411 g/mol. The molecule has 1 amide bonds. The lowest BCUT2D eigenvalue weighted by molar-refractivity contribution is -0.136. The molecule has 1 aliphatic rings. The van der Waals surface area contributed by atoms with Gasteiger partial charge >= 0.3 is 12.3 Å². The minimum absolute atomic E-state index is 0.157. The summed E-state index contributed by atoms with van der Waals surface area (Å²) in [5, 5.41) is -0.400. The fourth-order valence-electron chi connectivity index (χ4n) is 3.20. The number of ether oxygens (including phenoxy) is 1. The maximum atomic E-state index is 13.4. The molecule has 2 aromatic heterocycles. The highest BCUT2D eigenvalue weighted by Gasteiger charge is 2.36. The molecule has 7 nitrogen and oxygen atoms in total. The van der Waals surface area contributed by atoms with Crippen molar-refractivity contribution in [2.75, 3.05) is 32.7 Å². The van der Waals surface area contributed by atoms with Gasteiger partial charge in [-0.05, 0) is 20.8 Å². The normalized spacial score (nSPS) is 16.4. The summed E-state index contributed by atoms with van der Waals surface area (Å²) in [4.78, 5) is 23.5. The molecule has 160 valence electrons. The van der Waals surface area contributed by atoms with Crippen LogP contribution in [0, 0.1) is 0 Å². The lowest BCUT2D eigenvalue weighted by Gasteiger charge is -2.35. The molecule has 11 heteroatoms. The van der Waals surface area contributed by atoms with Crippen molar-refractivity contribution in [1.29, 1.82) is 0 Å². The Hall–Kier alpha value is -2.07.